The first kappa shape index (κ1) is 28.5. The first-order chi connectivity index (χ1) is 24.8. The molecule has 232 valence electrons. The molecular formula is C50H32. The average molecular weight is 633 g/mol. The monoisotopic (exact) mass is 632 g/mol. The second kappa shape index (κ2) is 11.6. The quantitative estimate of drug-likeness (QED) is 0.134. The van der Waals surface area contributed by atoms with E-state index in [-0.39, 0.29) is 0 Å². The Hall–Kier alpha value is -6.50. The molecule has 0 bridgehead atoms. The molecule has 0 fully saturated rings. The van der Waals surface area contributed by atoms with Gasteiger partial charge in [0, 0.05) is 0 Å². The van der Waals surface area contributed by atoms with Crippen LogP contribution in [0.3, 0.4) is 0 Å². The Morgan fingerprint density at radius 3 is 1.58 bits per heavy atom. The third-order valence-electron chi connectivity index (χ3n) is 10.4. The van der Waals surface area contributed by atoms with Gasteiger partial charge in [0.2, 0.25) is 0 Å². The molecule has 0 radical (unpaired) electrons. The third-order valence-corrected chi connectivity index (χ3v) is 10.4. The number of rotatable bonds is 4. The van der Waals surface area contributed by atoms with Gasteiger partial charge in [-0.15, -0.1) is 0 Å². The van der Waals surface area contributed by atoms with Gasteiger partial charge in [0.15, 0.2) is 0 Å². The second-order valence-electron chi connectivity index (χ2n) is 13.2. The topological polar surface area (TPSA) is 0 Å². The summed E-state index contributed by atoms with van der Waals surface area (Å²) >= 11 is 0. The lowest BCUT2D eigenvalue weighted by Crippen LogP contribution is -1.93. The molecule has 0 aliphatic carbocycles. The molecule has 0 heterocycles. The highest BCUT2D eigenvalue weighted by molar-refractivity contribution is 6.26. The van der Waals surface area contributed by atoms with E-state index in [1.165, 1.54) is 98.4 Å². The molecule has 0 N–H and O–H groups in total. The summed E-state index contributed by atoms with van der Waals surface area (Å²) in [4.78, 5) is 0. The van der Waals surface area contributed by atoms with Crippen LogP contribution >= 0.6 is 0 Å². The molecule has 50 heavy (non-hydrogen) atoms. The standard InChI is InChI=1S/C50H32/c1-2-14-33(15-3-1)35-19-12-20-38(30-35)49-44-25-10-11-26-45(44)50(47-31-36-17-5-7-22-41(36)42-23-8-9-24-43(42)47)46-29-28-37(32-48(46)49)40-27-13-18-34-16-4-6-21-39(34)40/h1-32H. The van der Waals surface area contributed by atoms with Crippen LogP contribution in [0.4, 0.5) is 0 Å². The van der Waals surface area contributed by atoms with Crippen molar-refractivity contribution in [3.05, 3.63) is 194 Å². The highest BCUT2D eigenvalue weighted by atomic mass is 14.2. The summed E-state index contributed by atoms with van der Waals surface area (Å²) in [6.45, 7) is 0. The lowest BCUT2D eigenvalue weighted by molar-refractivity contribution is 1.61. The van der Waals surface area contributed by atoms with E-state index in [1.54, 1.807) is 0 Å². The number of fused-ring (bicyclic) bond motifs is 6. The van der Waals surface area contributed by atoms with Gasteiger partial charge in [0.1, 0.15) is 0 Å². The summed E-state index contributed by atoms with van der Waals surface area (Å²) in [5.41, 5.74) is 9.95. The smallest absolute Gasteiger partial charge is 0.00199 e. The van der Waals surface area contributed by atoms with E-state index in [1.807, 2.05) is 0 Å². The van der Waals surface area contributed by atoms with Crippen molar-refractivity contribution in [2.75, 3.05) is 0 Å². The van der Waals surface area contributed by atoms with Crippen molar-refractivity contribution in [1.82, 2.24) is 0 Å². The number of hydrogen-bond donors (Lipinski definition) is 0. The van der Waals surface area contributed by atoms with Crippen molar-refractivity contribution in [3.8, 4) is 44.5 Å². The van der Waals surface area contributed by atoms with Gasteiger partial charge >= 0.3 is 0 Å². The molecule has 0 spiro atoms. The molecular weight excluding hydrogens is 601 g/mol. The van der Waals surface area contributed by atoms with Crippen LogP contribution in [-0.4, -0.2) is 0 Å². The largest absolute Gasteiger partial charge is 0.0622 e. The van der Waals surface area contributed by atoms with Crippen LogP contribution in [-0.2, 0) is 0 Å². The highest BCUT2D eigenvalue weighted by Gasteiger charge is 2.20. The van der Waals surface area contributed by atoms with Gasteiger partial charge < -0.3 is 0 Å². The van der Waals surface area contributed by atoms with Crippen LogP contribution in [0.5, 0.6) is 0 Å². The lowest BCUT2D eigenvalue weighted by Gasteiger charge is -2.21. The summed E-state index contributed by atoms with van der Waals surface area (Å²) in [5, 5.41) is 12.6. The molecule has 0 aromatic heterocycles. The Balaban J connectivity index is 1.36. The first-order valence-corrected chi connectivity index (χ1v) is 17.4. The zero-order chi connectivity index (χ0) is 33.0. The van der Waals surface area contributed by atoms with Gasteiger partial charge in [-0.3, -0.25) is 0 Å². The molecule has 10 rings (SSSR count). The van der Waals surface area contributed by atoms with Crippen LogP contribution in [0.1, 0.15) is 0 Å². The maximum absolute atomic E-state index is 2.45. The molecule has 0 aliphatic heterocycles. The van der Waals surface area contributed by atoms with Crippen molar-refractivity contribution in [2.24, 2.45) is 0 Å². The molecule has 10 aromatic rings. The van der Waals surface area contributed by atoms with E-state index in [9.17, 15) is 0 Å². The Kier molecular flexibility index (Phi) is 6.60. The Morgan fingerprint density at radius 2 is 0.760 bits per heavy atom. The van der Waals surface area contributed by atoms with Gasteiger partial charge in [-0.2, -0.15) is 0 Å². The van der Waals surface area contributed by atoms with E-state index in [0.717, 1.165) is 0 Å². The summed E-state index contributed by atoms with van der Waals surface area (Å²) in [6.07, 6.45) is 0. The normalized spacial score (nSPS) is 11.6. The predicted molar refractivity (Wildman–Crippen MR) is 216 cm³/mol. The Morgan fingerprint density at radius 1 is 0.200 bits per heavy atom. The zero-order valence-electron chi connectivity index (χ0n) is 27.5. The highest BCUT2D eigenvalue weighted by Crippen LogP contribution is 2.48. The van der Waals surface area contributed by atoms with Crippen molar-refractivity contribution < 1.29 is 0 Å². The van der Waals surface area contributed by atoms with E-state index in [0.29, 0.717) is 0 Å². The average Bonchev–Trinajstić information content (AvgIpc) is 3.19. The predicted octanol–water partition coefficient (Wildman–Crippen LogP) is 14.1. The fraction of sp³-hybridized carbons (Fsp3) is 0. The van der Waals surface area contributed by atoms with Crippen LogP contribution in [0.25, 0.3) is 98.4 Å². The molecule has 0 nitrogen and oxygen atoms in total. The number of benzene rings is 10. The minimum absolute atomic E-state index is 1.22. The minimum Gasteiger partial charge on any atom is -0.0622 e. The fourth-order valence-corrected chi connectivity index (χ4v) is 8.17. The second-order valence-corrected chi connectivity index (χ2v) is 13.2. The maximum Gasteiger partial charge on any atom is -0.00199 e. The zero-order valence-corrected chi connectivity index (χ0v) is 27.5. The summed E-state index contributed by atoms with van der Waals surface area (Å²) < 4.78 is 0. The Bertz CT molecular complexity index is 2910. The van der Waals surface area contributed by atoms with Crippen LogP contribution in [0.15, 0.2) is 194 Å². The van der Waals surface area contributed by atoms with Crippen molar-refractivity contribution >= 4 is 53.9 Å². The molecule has 10 aromatic carbocycles. The molecule has 0 amide bonds. The summed E-state index contributed by atoms with van der Waals surface area (Å²) in [6, 6.07) is 71.4. The molecule has 0 saturated carbocycles. The van der Waals surface area contributed by atoms with Crippen LogP contribution < -0.4 is 0 Å². The van der Waals surface area contributed by atoms with Crippen molar-refractivity contribution in [3.63, 3.8) is 0 Å². The maximum atomic E-state index is 2.45. The molecule has 0 aliphatic rings. The van der Waals surface area contributed by atoms with Gasteiger partial charge in [-0.05, 0) is 117 Å². The Labute approximate surface area is 291 Å². The van der Waals surface area contributed by atoms with Gasteiger partial charge in [-0.1, -0.05) is 176 Å². The van der Waals surface area contributed by atoms with E-state index < -0.39 is 0 Å². The van der Waals surface area contributed by atoms with E-state index >= 15 is 0 Å². The molecule has 0 heteroatoms. The van der Waals surface area contributed by atoms with E-state index in [4.69, 9.17) is 0 Å². The van der Waals surface area contributed by atoms with E-state index in [2.05, 4.69) is 194 Å². The van der Waals surface area contributed by atoms with Gasteiger partial charge in [-0.25, -0.2) is 0 Å². The fourth-order valence-electron chi connectivity index (χ4n) is 8.17. The summed E-state index contributed by atoms with van der Waals surface area (Å²) in [5.74, 6) is 0. The SMILES string of the molecule is c1ccc(-c2cccc(-c3c4ccccc4c(-c4cc5ccccc5c5ccccc45)c4ccc(-c5cccc6ccccc56)cc34)c2)cc1. The number of hydrogen-bond acceptors (Lipinski definition) is 0. The molecule has 0 saturated heterocycles. The van der Waals surface area contributed by atoms with Crippen LogP contribution in [0.2, 0.25) is 0 Å². The van der Waals surface area contributed by atoms with Gasteiger partial charge in [0.25, 0.3) is 0 Å². The lowest BCUT2D eigenvalue weighted by atomic mass is 9.82. The van der Waals surface area contributed by atoms with Crippen molar-refractivity contribution in [1.29, 1.82) is 0 Å². The van der Waals surface area contributed by atoms with Crippen LogP contribution in [0, 0.1) is 0 Å². The first-order valence-electron chi connectivity index (χ1n) is 17.4. The molecule has 0 unspecified atom stereocenters. The van der Waals surface area contributed by atoms with Crippen molar-refractivity contribution in [2.45, 2.75) is 0 Å². The molecule has 0 atom stereocenters. The minimum atomic E-state index is 1.22. The third kappa shape index (κ3) is 4.54. The summed E-state index contributed by atoms with van der Waals surface area (Å²) in [7, 11) is 0. The van der Waals surface area contributed by atoms with Gasteiger partial charge in [0.05, 0.1) is 0 Å².